The predicted molar refractivity (Wildman–Crippen MR) is 102 cm³/mol. The van der Waals surface area contributed by atoms with Crippen molar-refractivity contribution in [3.8, 4) is 0 Å². The van der Waals surface area contributed by atoms with Crippen LogP contribution < -0.4 is 0 Å². The van der Waals surface area contributed by atoms with Gasteiger partial charge in [0.15, 0.2) is 0 Å². The van der Waals surface area contributed by atoms with Gasteiger partial charge in [0.2, 0.25) is 0 Å². The molecule has 2 aromatic carbocycles. The number of carbonyl (C=O) groups is 3. The van der Waals surface area contributed by atoms with Crippen molar-refractivity contribution in [1.82, 2.24) is 0 Å². The fourth-order valence-electron chi connectivity index (χ4n) is 1.35. The Morgan fingerprint density at radius 3 is 1.12 bits per heavy atom. The van der Waals surface area contributed by atoms with Gasteiger partial charge in [-0.25, -0.2) is 0 Å². The summed E-state index contributed by atoms with van der Waals surface area (Å²) in [5.74, 6) is 2.31. The number of hydrogen-bond acceptors (Lipinski definition) is 5. The number of rotatable bonds is 5. The normalized spacial score (nSPS) is 7.58. The smallest absolute Gasteiger partial charge is 0.00745 e. The molecule has 0 unspecified atom stereocenters. The van der Waals surface area contributed by atoms with E-state index < -0.39 is 0 Å². The van der Waals surface area contributed by atoms with Gasteiger partial charge in [-0.05, 0) is 24.3 Å². The quantitative estimate of drug-likeness (QED) is 0.394. The van der Waals surface area contributed by atoms with Crippen molar-refractivity contribution in [2.45, 2.75) is 9.79 Å². The first-order valence-corrected chi connectivity index (χ1v) is 11.7. The van der Waals surface area contributed by atoms with E-state index >= 15 is 0 Å². The molecular weight excluding hydrogens is 538 g/mol. The van der Waals surface area contributed by atoms with Crippen molar-refractivity contribution in [3.05, 3.63) is 60.7 Å². The number of thioether (sulfide) groups is 2. The molecule has 0 aliphatic heterocycles. The number of hydrogen-bond donors (Lipinski definition) is 0. The number of benzene rings is 2. The molecule has 0 aliphatic carbocycles. The van der Waals surface area contributed by atoms with Crippen molar-refractivity contribution in [2.24, 2.45) is 0 Å². The first kappa shape index (κ1) is 27.9. The van der Waals surface area contributed by atoms with Gasteiger partial charge in [0.25, 0.3) is 0 Å². The van der Waals surface area contributed by atoms with E-state index in [0.717, 1.165) is 11.5 Å². The molecule has 2 rings (SSSR count). The third kappa shape index (κ3) is 17.5. The van der Waals surface area contributed by atoms with Crippen LogP contribution in [0.15, 0.2) is 70.5 Å². The topological polar surface area (TPSA) is 51.2 Å². The molecule has 0 saturated heterocycles. The molecule has 3 nitrogen and oxygen atoms in total. The second kappa shape index (κ2) is 27.0. The minimum atomic E-state index is 1.16. The minimum Gasteiger partial charge on any atom is -0.125 e. The van der Waals surface area contributed by atoms with Crippen molar-refractivity contribution >= 4 is 53.4 Å². The van der Waals surface area contributed by atoms with E-state index in [9.17, 15) is 0 Å². The molecule has 2 aromatic rings. The van der Waals surface area contributed by atoms with E-state index in [2.05, 4.69) is 60.7 Å². The molecular formula is C17H20ClO3ReS2. The summed E-state index contributed by atoms with van der Waals surface area (Å²) in [7, 11) is 4.69. The minimum absolute atomic E-state index is 1.16. The van der Waals surface area contributed by atoms with Crippen molar-refractivity contribution < 1.29 is 32.6 Å². The zero-order valence-electron chi connectivity index (χ0n) is 13.1. The molecule has 0 fully saturated rings. The average molecular weight is 558 g/mol. The molecule has 0 amide bonds. The van der Waals surface area contributed by atoms with Crippen LogP contribution in [0.3, 0.4) is 0 Å². The predicted octanol–water partition coefficient (Wildman–Crippen LogP) is 4.70. The molecule has 0 atom stereocenters. The van der Waals surface area contributed by atoms with Crippen LogP contribution in [0.5, 0.6) is 0 Å². The second-order valence-corrected chi connectivity index (χ2v) is 5.66. The van der Waals surface area contributed by atoms with Crippen LogP contribution in [0.1, 0.15) is 0 Å². The summed E-state index contributed by atoms with van der Waals surface area (Å²) in [5, 5.41) is 0. The molecule has 7 heteroatoms. The van der Waals surface area contributed by atoms with Crippen LogP contribution in [0, 0.1) is 0 Å². The summed E-state index contributed by atoms with van der Waals surface area (Å²) in [4.78, 5) is 26.7. The molecule has 0 saturated carbocycles. The maximum absolute atomic E-state index is 8.00. The monoisotopic (exact) mass is 558 g/mol. The zero-order valence-corrected chi connectivity index (χ0v) is 18.2. The Morgan fingerprint density at radius 1 is 0.625 bits per heavy atom. The Kier molecular flexibility index (Phi) is 31.4. The molecule has 132 valence electrons. The molecule has 0 aromatic heterocycles. The standard InChI is InChI=1S/C14H14S2.3CH2O.ClH.Re/c1-3-7-13(8-4-1)15-11-12-16-14-9-5-2-6-10-14;3*1-2;;/h1-10H,11-12H2;3*1H2;1H;/q;;;;;+1/p-1. The van der Waals surface area contributed by atoms with Gasteiger partial charge in [-0.2, -0.15) is 0 Å². The third-order valence-corrected chi connectivity index (χ3v) is 4.39. The van der Waals surface area contributed by atoms with Gasteiger partial charge in [-0.15, -0.1) is 23.5 Å². The van der Waals surface area contributed by atoms with Gasteiger partial charge >= 0.3 is 27.7 Å². The maximum atomic E-state index is 8.00. The Morgan fingerprint density at radius 2 is 0.875 bits per heavy atom. The van der Waals surface area contributed by atoms with Crippen LogP contribution in [0.4, 0.5) is 0 Å². The third-order valence-electron chi connectivity index (χ3n) is 2.11. The summed E-state index contributed by atoms with van der Waals surface area (Å²) < 4.78 is 0. The molecule has 0 spiro atoms. The summed E-state index contributed by atoms with van der Waals surface area (Å²) in [6, 6.07) is 21.1. The van der Waals surface area contributed by atoms with Crippen LogP contribution in [-0.2, 0) is 32.6 Å². The van der Waals surface area contributed by atoms with Gasteiger partial charge in [-0.1, -0.05) is 36.4 Å². The van der Waals surface area contributed by atoms with Crippen LogP contribution in [0.25, 0.3) is 0 Å². The molecule has 24 heavy (non-hydrogen) atoms. The Labute approximate surface area is 167 Å². The van der Waals surface area contributed by atoms with E-state index in [4.69, 9.17) is 23.9 Å². The largest absolute Gasteiger partial charge is 0.125 e. The van der Waals surface area contributed by atoms with Gasteiger partial charge in [-0.3, -0.25) is 0 Å². The van der Waals surface area contributed by atoms with E-state index in [1.807, 2.05) is 43.9 Å². The first-order valence-electron chi connectivity index (χ1n) is 6.32. The van der Waals surface area contributed by atoms with E-state index in [1.165, 1.54) is 28.0 Å². The molecule has 0 aliphatic rings. The Balaban J connectivity index is -0.000000484. The summed E-state index contributed by atoms with van der Waals surface area (Å²) in [6.07, 6.45) is 0. The summed E-state index contributed by atoms with van der Waals surface area (Å²) in [5.41, 5.74) is 0. The fourth-order valence-corrected chi connectivity index (χ4v) is 3.19. The Bertz CT molecular complexity index is 418. The average Bonchev–Trinajstić information content (AvgIpc) is 2.73. The molecule has 0 bridgehead atoms. The van der Waals surface area contributed by atoms with Gasteiger partial charge in [0.1, 0.15) is 20.4 Å². The van der Waals surface area contributed by atoms with Crippen LogP contribution in [0.2, 0.25) is 0 Å². The number of halogens is 1. The van der Waals surface area contributed by atoms with E-state index in [0.29, 0.717) is 0 Å². The maximum Gasteiger partial charge on any atom is 0.00745 e. The summed E-state index contributed by atoms with van der Waals surface area (Å²) >= 11 is 5.03. The van der Waals surface area contributed by atoms with Crippen LogP contribution >= 0.6 is 33.1 Å². The van der Waals surface area contributed by atoms with Gasteiger partial charge in [0.05, 0.1) is 0 Å². The summed E-state index contributed by atoms with van der Waals surface area (Å²) in [6.45, 7) is 6.00. The second-order valence-electron chi connectivity index (χ2n) is 3.32. The van der Waals surface area contributed by atoms with Gasteiger partial charge in [0, 0.05) is 21.3 Å². The van der Waals surface area contributed by atoms with Crippen molar-refractivity contribution in [3.63, 3.8) is 0 Å². The first-order chi connectivity index (χ1) is 11.9. The molecule has 0 heterocycles. The van der Waals surface area contributed by atoms with Gasteiger partial charge < -0.3 is 14.4 Å². The Hall–Kier alpha value is -0.898. The van der Waals surface area contributed by atoms with Crippen molar-refractivity contribution in [1.29, 1.82) is 0 Å². The van der Waals surface area contributed by atoms with Crippen LogP contribution in [-0.4, -0.2) is 31.9 Å². The molecule has 0 radical (unpaired) electrons. The number of carbonyl (C=O) groups excluding carboxylic acids is 3. The van der Waals surface area contributed by atoms with Crippen molar-refractivity contribution in [2.75, 3.05) is 11.5 Å². The zero-order chi connectivity index (χ0) is 19.1. The SMILES string of the molecule is C=O.C=O.C=O.[Cl][Re].c1ccc(SCCSc2ccccc2)cc1. The van der Waals surface area contributed by atoms with E-state index in [1.54, 1.807) is 0 Å². The van der Waals surface area contributed by atoms with E-state index in [-0.39, 0.29) is 0 Å². The molecule has 0 N–H and O–H groups in total. The fraction of sp³-hybridized carbons (Fsp3) is 0.118.